The maximum absolute atomic E-state index is 13.6. The van der Waals surface area contributed by atoms with Crippen molar-refractivity contribution >= 4 is 20.0 Å². The highest BCUT2D eigenvalue weighted by molar-refractivity contribution is 6.87. The zero-order valence-corrected chi connectivity index (χ0v) is 16.0. The first-order chi connectivity index (χ1) is 11.3. The van der Waals surface area contributed by atoms with Crippen LogP contribution in [0.5, 0.6) is 0 Å². The van der Waals surface area contributed by atoms with Gasteiger partial charge in [0.2, 0.25) is 0 Å². The van der Waals surface area contributed by atoms with Crippen molar-refractivity contribution in [2.75, 3.05) is 0 Å². The van der Waals surface area contributed by atoms with Gasteiger partial charge in [0.1, 0.15) is 25.8 Å². The normalized spacial score (nSPS) is 12.8. The predicted molar refractivity (Wildman–Crippen MR) is 94.8 cm³/mol. The van der Waals surface area contributed by atoms with Gasteiger partial charge in [0, 0.05) is 12.5 Å². The van der Waals surface area contributed by atoms with Gasteiger partial charge in [0.05, 0.1) is 5.56 Å². The Bertz CT molecular complexity index is 730. The van der Waals surface area contributed by atoms with E-state index in [0.29, 0.717) is 6.07 Å². The number of carboxylic acid groups (broad SMARTS) is 1. The SMILES string of the molecule is CC(C)(C)[Si](C)(C)C#CC[C@@H](NC(=O)c1ccc(F)cc1F)C(=O)O. The molecule has 0 radical (unpaired) electrons. The summed E-state index contributed by atoms with van der Waals surface area (Å²) in [7, 11) is -1.89. The number of amides is 1. The number of aliphatic carboxylic acids is 1. The molecule has 25 heavy (non-hydrogen) atoms. The molecule has 0 unspecified atom stereocenters. The number of halogens is 2. The Morgan fingerprint density at radius 3 is 2.36 bits per heavy atom. The number of hydrogen-bond donors (Lipinski definition) is 2. The van der Waals surface area contributed by atoms with Gasteiger partial charge in [-0.2, -0.15) is 0 Å². The van der Waals surface area contributed by atoms with Crippen LogP contribution in [0.3, 0.4) is 0 Å². The Morgan fingerprint density at radius 1 is 1.28 bits per heavy atom. The van der Waals surface area contributed by atoms with Crippen molar-refractivity contribution in [3.05, 3.63) is 35.4 Å². The quantitative estimate of drug-likeness (QED) is 0.631. The van der Waals surface area contributed by atoms with E-state index < -0.39 is 43.2 Å². The molecule has 0 aromatic heterocycles. The molecule has 2 N–H and O–H groups in total. The summed E-state index contributed by atoms with van der Waals surface area (Å²) in [6.07, 6.45) is -0.0869. The van der Waals surface area contributed by atoms with Crippen LogP contribution in [0.15, 0.2) is 18.2 Å². The predicted octanol–water partition coefficient (Wildman–Crippen LogP) is 3.59. The summed E-state index contributed by atoms with van der Waals surface area (Å²) in [6, 6.07) is 1.21. The molecule has 4 nitrogen and oxygen atoms in total. The van der Waals surface area contributed by atoms with Gasteiger partial charge in [0.15, 0.2) is 0 Å². The first kappa shape index (κ1) is 20.8. The highest BCUT2D eigenvalue weighted by Gasteiger charge is 2.33. The number of rotatable bonds is 4. The fourth-order valence-electron chi connectivity index (χ4n) is 1.67. The second-order valence-corrected chi connectivity index (χ2v) is 12.4. The topological polar surface area (TPSA) is 66.4 Å². The molecular formula is C18H23F2NO3Si. The van der Waals surface area contributed by atoms with Gasteiger partial charge < -0.3 is 10.4 Å². The van der Waals surface area contributed by atoms with Gasteiger partial charge >= 0.3 is 5.97 Å². The minimum absolute atomic E-state index is 0.0270. The summed E-state index contributed by atoms with van der Waals surface area (Å²) in [5.74, 6) is -1.19. The van der Waals surface area contributed by atoms with Gasteiger partial charge in [-0.1, -0.05) is 33.9 Å². The molecule has 7 heteroatoms. The number of carboxylic acids is 1. The van der Waals surface area contributed by atoms with E-state index >= 15 is 0 Å². The van der Waals surface area contributed by atoms with Crippen molar-refractivity contribution in [1.82, 2.24) is 5.32 Å². The lowest BCUT2D eigenvalue weighted by molar-refractivity contribution is -0.139. The zero-order chi connectivity index (χ0) is 19.4. The molecular weight excluding hydrogens is 344 g/mol. The fourth-order valence-corrected chi connectivity index (χ4v) is 2.59. The summed E-state index contributed by atoms with van der Waals surface area (Å²) < 4.78 is 26.5. The first-order valence-corrected chi connectivity index (χ1v) is 10.8. The Labute approximate surface area is 147 Å². The minimum atomic E-state index is -1.89. The molecule has 1 aromatic rings. The molecule has 0 fully saturated rings. The Kier molecular flexibility index (Phi) is 6.49. The molecule has 1 amide bonds. The summed E-state index contributed by atoms with van der Waals surface area (Å²) in [6.45, 7) is 10.4. The lowest BCUT2D eigenvalue weighted by Crippen LogP contribution is -2.41. The summed E-state index contributed by atoms with van der Waals surface area (Å²) in [5, 5.41) is 11.5. The Morgan fingerprint density at radius 2 is 1.88 bits per heavy atom. The lowest BCUT2D eigenvalue weighted by Gasteiger charge is -2.31. The van der Waals surface area contributed by atoms with Crippen molar-refractivity contribution < 1.29 is 23.5 Å². The van der Waals surface area contributed by atoms with Gasteiger partial charge in [-0.25, -0.2) is 13.6 Å². The lowest BCUT2D eigenvalue weighted by atomic mass is 10.1. The zero-order valence-electron chi connectivity index (χ0n) is 15.0. The van der Waals surface area contributed by atoms with Crippen LogP contribution in [0.2, 0.25) is 18.1 Å². The fraction of sp³-hybridized carbons (Fsp3) is 0.444. The smallest absolute Gasteiger partial charge is 0.327 e. The average molecular weight is 367 g/mol. The van der Waals surface area contributed by atoms with E-state index in [9.17, 15) is 23.5 Å². The van der Waals surface area contributed by atoms with Crippen LogP contribution < -0.4 is 5.32 Å². The van der Waals surface area contributed by atoms with Crippen LogP contribution in [-0.2, 0) is 4.79 Å². The number of carbonyl (C=O) groups is 2. The Hall–Kier alpha value is -2.20. The van der Waals surface area contributed by atoms with Crippen molar-refractivity contribution in [2.24, 2.45) is 0 Å². The van der Waals surface area contributed by atoms with Gasteiger partial charge in [0.25, 0.3) is 5.91 Å². The van der Waals surface area contributed by atoms with Crippen molar-refractivity contribution in [3.63, 3.8) is 0 Å². The number of benzene rings is 1. The standard InChI is InChI=1S/C18H23F2NO3Si/c1-18(2,3)25(4,5)10-6-7-15(17(23)24)21-16(22)13-9-8-12(19)11-14(13)20/h8-9,11,15H,7H2,1-5H3,(H,21,22)(H,23,24)/t15-/m1/s1. The van der Waals surface area contributed by atoms with Crippen LogP contribution >= 0.6 is 0 Å². The Balaban J connectivity index is 2.89. The van der Waals surface area contributed by atoms with Crippen molar-refractivity contribution in [3.8, 4) is 11.5 Å². The molecule has 1 rings (SSSR count). The van der Waals surface area contributed by atoms with E-state index in [1.54, 1.807) is 0 Å². The number of hydrogen-bond acceptors (Lipinski definition) is 2. The van der Waals surface area contributed by atoms with Crippen LogP contribution in [0.1, 0.15) is 37.6 Å². The van der Waals surface area contributed by atoms with Crippen LogP contribution in [-0.4, -0.2) is 31.1 Å². The molecule has 0 saturated carbocycles. The highest BCUT2D eigenvalue weighted by Crippen LogP contribution is 2.35. The number of nitrogens with one attached hydrogen (secondary N) is 1. The average Bonchev–Trinajstić information content (AvgIpc) is 2.44. The van der Waals surface area contributed by atoms with E-state index in [2.05, 4.69) is 50.6 Å². The summed E-state index contributed by atoms with van der Waals surface area (Å²) >= 11 is 0. The molecule has 136 valence electrons. The molecule has 0 aliphatic carbocycles. The van der Waals surface area contributed by atoms with E-state index in [1.165, 1.54) is 0 Å². The third-order valence-corrected chi connectivity index (χ3v) is 8.91. The van der Waals surface area contributed by atoms with Crippen LogP contribution in [0, 0.1) is 23.1 Å². The molecule has 0 aliphatic heterocycles. The summed E-state index contributed by atoms with van der Waals surface area (Å²) in [5.41, 5.74) is 2.75. The maximum atomic E-state index is 13.6. The first-order valence-electron chi connectivity index (χ1n) is 7.84. The highest BCUT2D eigenvalue weighted by atomic mass is 28.3. The van der Waals surface area contributed by atoms with E-state index in [4.69, 9.17) is 0 Å². The molecule has 1 atom stereocenters. The summed E-state index contributed by atoms with van der Waals surface area (Å²) in [4.78, 5) is 23.4. The third kappa shape index (κ3) is 5.68. The van der Waals surface area contributed by atoms with E-state index in [-0.39, 0.29) is 11.5 Å². The van der Waals surface area contributed by atoms with E-state index in [0.717, 1.165) is 12.1 Å². The van der Waals surface area contributed by atoms with Gasteiger partial charge in [-0.05, 0) is 17.2 Å². The molecule has 0 spiro atoms. The van der Waals surface area contributed by atoms with Gasteiger partial charge in [-0.3, -0.25) is 4.79 Å². The molecule has 0 heterocycles. The van der Waals surface area contributed by atoms with Crippen molar-refractivity contribution in [2.45, 2.75) is 51.4 Å². The van der Waals surface area contributed by atoms with Crippen molar-refractivity contribution in [1.29, 1.82) is 0 Å². The molecule has 0 aliphatic rings. The maximum Gasteiger partial charge on any atom is 0.327 e. The second kappa shape index (κ2) is 7.79. The van der Waals surface area contributed by atoms with Crippen LogP contribution in [0.4, 0.5) is 8.78 Å². The molecule has 1 aromatic carbocycles. The second-order valence-electron chi connectivity index (χ2n) is 7.37. The van der Waals surface area contributed by atoms with Gasteiger partial charge in [-0.15, -0.1) is 11.5 Å². The third-order valence-electron chi connectivity index (χ3n) is 4.36. The monoisotopic (exact) mass is 367 g/mol. The number of carbonyl (C=O) groups excluding carboxylic acids is 1. The minimum Gasteiger partial charge on any atom is -0.480 e. The van der Waals surface area contributed by atoms with Crippen LogP contribution in [0.25, 0.3) is 0 Å². The molecule has 0 saturated heterocycles. The molecule has 0 bridgehead atoms. The van der Waals surface area contributed by atoms with E-state index in [1.807, 2.05) is 0 Å². The largest absolute Gasteiger partial charge is 0.480 e.